The minimum atomic E-state index is -1.01. The molecule has 3 atom stereocenters. The van der Waals surface area contributed by atoms with Gasteiger partial charge < -0.3 is 19.5 Å². The summed E-state index contributed by atoms with van der Waals surface area (Å²) in [6.45, 7) is 8.02. The van der Waals surface area contributed by atoms with E-state index in [0.29, 0.717) is 0 Å². The van der Waals surface area contributed by atoms with Gasteiger partial charge in [-0.3, -0.25) is 9.59 Å². The van der Waals surface area contributed by atoms with E-state index in [4.69, 9.17) is 14.2 Å². The zero-order valence-electron chi connectivity index (χ0n) is 18.9. The lowest BCUT2D eigenvalue weighted by Gasteiger charge is -2.24. The first kappa shape index (κ1) is 24.8. The van der Waals surface area contributed by atoms with Gasteiger partial charge in [-0.2, -0.15) is 0 Å². The summed E-state index contributed by atoms with van der Waals surface area (Å²) in [5.74, 6) is -2.58. The third-order valence-corrected chi connectivity index (χ3v) is 4.98. The van der Waals surface area contributed by atoms with Crippen molar-refractivity contribution in [3.8, 4) is 11.5 Å². The summed E-state index contributed by atoms with van der Waals surface area (Å²) in [5, 5.41) is 2.49. The number of methoxy groups -OCH3 is 1. The van der Waals surface area contributed by atoms with Gasteiger partial charge in [0, 0.05) is 25.1 Å². The second-order valence-electron chi connectivity index (χ2n) is 7.41. The fourth-order valence-electron chi connectivity index (χ4n) is 3.11. The lowest BCUT2D eigenvalue weighted by atomic mass is 9.92. The first-order valence-corrected chi connectivity index (χ1v) is 10.0. The number of aryl methyl sites for hydroxylation is 1. The van der Waals surface area contributed by atoms with Crippen molar-refractivity contribution in [2.24, 2.45) is 0 Å². The van der Waals surface area contributed by atoms with Crippen LogP contribution < -0.4 is 14.8 Å². The quantitative estimate of drug-likeness (QED) is 0.621. The van der Waals surface area contributed by atoms with Gasteiger partial charge in [-0.15, -0.1) is 0 Å². The maximum atomic E-state index is 13.4. The Morgan fingerprint density at radius 2 is 1.81 bits per heavy atom. The number of hydrogen-bond donors (Lipinski definition) is 1. The molecular weight excluding hydrogens is 419 g/mol. The fraction of sp³-hybridized carbons (Fsp3) is 0.391. The van der Waals surface area contributed by atoms with Crippen molar-refractivity contribution in [2.75, 3.05) is 7.11 Å². The Labute approximate surface area is 186 Å². The zero-order valence-corrected chi connectivity index (χ0v) is 18.9. The summed E-state index contributed by atoms with van der Waals surface area (Å²) in [7, 11) is 1.36. The maximum absolute atomic E-state index is 13.4. The predicted octanol–water partition coefficient (Wildman–Crippen LogP) is 3.32. The number of halogens is 1. The van der Waals surface area contributed by atoms with Crippen molar-refractivity contribution in [3.63, 3.8) is 0 Å². The highest BCUT2D eigenvalue weighted by molar-refractivity contribution is 5.98. The Balaban J connectivity index is 2.09. The third-order valence-electron chi connectivity index (χ3n) is 4.98. The number of carbonyl (C=O) groups is 3. The molecule has 2 rings (SSSR count). The highest BCUT2D eigenvalue weighted by atomic mass is 19.1. The van der Waals surface area contributed by atoms with E-state index in [0.717, 1.165) is 11.1 Å². The van der Waals surface area contributed by atoms with E-state index in [1.54, 1.807) is 19.9 Å². The number of carbonyl (C=O) groups excluding carboxylic acids is 3. The molecule has 0 radical (unpaired) electrons. The molecule has 32 heavy (non-hydrogen) atoms. The van der Waals surface area contributed by atoms with Crippen LogP contribution in [0.5, 0.6) is 11.5 Å². The van der Waals surface area contributed by atoms with E-state index in [1.807, 2.05) is 6.92 Å². The average molecular weight is 446 g/mol. The van der Waals surface area contributed by atoms with Gasteiger partial charge in [0.25, 0.3) is 5.91 Å². The molecule has 1 amide bonds. The molecule has 0 spiro atoms. The Morgan fingerprint density at radius 1 is 1.12 bits per heavy atom. The lowest BCUT2D eigenvalue weighted by molar-refractivity contribution is -0.151. The lowest BCUT2D eigenvalue weighted by Crippen LogP contribution is -2.41. The molecule has 0 unspecified atom stereocenters. The molecular formula is C23H27FN2O6. The van der Waals surface area contributed by atoms with Gasteiger partial charge in [-0.05, 0) is 44.0 Å². The summed E-state index contributed by atoms with van der Waals surface area (Å²) < 4.78 is 29.1. The van der Waals surface area contributed by atoms with E-state index in [1.165, 1.54) is 45.4 Å². The molecule has 1 aromatic carbocycles. The van der Waals surface area contributed by atoms with Crippen LogP contribution >= 0.6 is 0 Å². The summed E-state index contributed by atoms with van der Waals surface area (Å²) >= 11 is 0. The largest absolute Gasteiger partial charge is 0.493 e. The van der Waals surface area contributed by atoms with Crippen LogP contribution in [0.1, 0.15) is 55.2 Å². The average Bonchev–Trinajstić information content (AvgIpc) is 2.72. The predicted molar refractivity (Wildman–Crippen MR) is 114 cm³/mol. The molecule has 1 heterocycles. The molecule has 0 saturated carbocycles. The van der Waals surface area contributed by atoms with Gasteiger partial charge in [0.05, 0.1) is 7.11 Å². The van der Waals surface area contributed by atoms with Crippen LogP contribution in [-0.2, 0) is 14.3 Å². The molecule has 1 aromatic heterocycles. The van der Waals surface area contributed by atoms with Crippen LogP contribution in [0, 0.1) is 12.7 Å². The van der Waals surface area contributed by atoms with E-state index >= 15 is 0 Å². The monoisotopic (exact) mass is 446 g/mol. The number of nitrogens with one attached hydrogen (secondary N) is 1. The van der Waals surface area contributed by atoms with Gasteiger partial charge in [0.1, 0.15) is 18.0 Å². The third kappa shape index (κ3) is 6.03. The van der Waals surface area contributed by atoms with E-state index in [9.17, 15) is 18.8 Å². The van der Waals surface area contributed by atoms with Crippen LogP contribution in [0.2, 0.25) is 0 Å². The van der Waals surface area contributed by atoms with Crippen molar-refractivity contribution in [3.05, 3.63) is 53.1 Å². The number of aromatic nitrogens is 1. The number of rotatable bonds is 8. The molecule has 0 bridgehead atoms. The van der Waals surface area contributed by atoms with Gasteiger partial charge in [0.2, 0.25) is 5.75 Å². The minimum absolute atomic E-state index is 0.144. The van der Waals surface area contributed by atoms with Crippen LogP contribution in [0.3, 0.4) is 0 Å². The SMILES string of the molecule is COc1ccnc(C(=O)N[C@@H](C)C(=O)O[C@@H](C)[C@@H](C)c2ccc(F)cc2C)c1OC(C)=O. The minimum Gasteiger partial charge on any atom is -0.493 e. The summed E-state index contributed by atoms with van der Waals surface area (Å²) in [4.78, 5) is 40.6. The summed E-state index contributed by atoms with van der Waals surface area (Å²) in [6, 6.07) is 4.87. The van der Waals surface area contributed by atoms with Crippen molar-refractivity contribution < 1.29 is 33.0 Å². The Kier molecular flexibility index (Phi) is 8.28. The first-order chi connectivity index (χ1) is 15.0. The molecule has 1 N–H and O–H groups in total. The summed E-state index contributed by atoms with van der Waals surface area (Å²) in [6.07, 6.45) is 0.788. The van der Waals surface area contributed by atoms with Crippen molar-refractivity contribution in [2.45, 2.75) is 52.7 Å². The first-order valence-electron chi connectivity index (χ1n) is 10.0. The second kappa shape index (κ2) is 10.7. The van der Waals surface area contributed by atoms with Crippen LogP contribution in [0.15, 0.2) is 30.5 Å². The van der Waals surface area contributed by atoms with Gasteiger partial charge >= 0.3 is 11.9 Å². The van der Waals surface area contributed by atoms with Crippen LogP contribution in [0.4, 0.5) is 4.39 Å². The zero-order chi connectivity index (χ0) is 24.0. The molecule has 0 aliphatic rings. The van der Waals surface area contributed by atoms with E-state index < -0.39 is 30.0 Å². The van der Waals surface area contributed by atoms with Gasteiger partial charge in [-0.1, -0.05) is 13.0 Å². The van der Waals surface area contributed by atoms with Crippen molar-refractivity contribution in [1.29, 1.82) is 0 Å². The van der Waals surface area contributed by atoms with Crippen molar-refractivity contribution in [1.82, 2.24) is 10.3 Å². The van der Waals surface area contributed by atoms with Crippen molar-refractivity contribution >= 4 is 17.8 Å². The molecule has 172 valence electrons. The molecule has 0 saturated heterocycles. The molecule has 2 aromatic rings. The number of hydrogen-bond acceptors (Lipinski definition) is 7. The normalized spacial score (nSPS) is 13.5. The topological polar surface area (TPSA) is 104 Å². The highest BCUT2D eigenvalue weighted by Crippen LogP contribution is 2.30. The highest BCUT2D eigenvalue weighted by Gasteiger charge is 2.27. The van der Waals surface area contributed by atoms with Gasteiger partial charge in [0.15, 0.2) is 11.4 Å². The fourth-order valence-corrected chi connectivity index (χ4v) is 3.11. The summed E-state index contributed by atoms with van der Waals surface area (Å²) in [5.41, 5.74) is 1.40. The number of ether oxygens (including phenoxy) is 3. The number of amides is 1. The number of pyridine rings is 1. The van der Waals surface area contributed by atoms with Gasteiger partial charge in [-0.25, -0.2) is 14.2 Å². The Bertz CT molecular complexity index is 1010. The number of esters is 2. The Morgan fingerprint density at radius 3 is 2.41 bits per heavy atom. The van der Waals surface area contributed by atoms with Crippen LogP contribution in [-0.4, -0.2) is 42.1 Å². The van der Waals surface area contributed by atoms with E-state index in [-0.39, 0.29) is 28.9 Å². The molecule has 0 fully saturated rings. The van der Waals surface area contributed by atoms with E-state index in [2.05, 4.69) is 10.3 Å². The maximum Gasteiger partial charge on any atom is 0.328 e. The second-order valence-corrected chi connectivity index (χ2v) is 7.41. The molecule has 8 nitrogen and oxygen atoms in total. The standard InChI is InChI=1S/C23H27FN2O6/c1-12-11-17(24)7-8-18(12)13(2)15(4)31-23(29)14(3)26-22(28)20-21(32-16(5)27)19(30-6)9-10-25-20/h7-11,13-15H,1-6H3,(H,26,28)/t13-,14+,15+/m1/s1. The smallest absolute Gasteiger partial charge is 0.328 e. The van der Waals surface area contributed by atoms with Crippen LogP contribution in [0.25, 0.3) is 0 Å². The number of benzene rings is 1. The number of nitrogens with zero attached hydrogens (tertiary/aromatic N) is 1. The molecule has 9 heteroatoms. The molecule has 0 aliphatic carbocycles. The molecule has 0 aliphatic heterocycles. The Hall–Kier alpha value is -3.49.